The number of carbonyl (C=O) groups excluding carboxylic acids is 2. The summed E-state index contributed by atoms with van der Waals surface area (Å²) in [7, 11) is 0. The van der Waals surface area contributed by atoms with E-state index in [9.17, 15) is 9.59 Å². The largest absolute Gasteiger partial charge is 0.349 e. The molecule has 4 rings (SSSR count). The Hall–Kier alpha value is -2.14. The number of benzene rings is 1. The van der Waals surface area contributed by atoms with Crippen molar-refractivity contribution >= 4 is 23.2 Å². The van der Waals surface area contributed by atoms with Gasteiger partial charge in [0, 0.05) is 29.1 Å². The van der Waals surface area contributed by atoms with Gasteiger partial charge in [0.2, 0.25) is 0 Å². The fourth-order valence-electron chi connectivity index (χ4n) is 2.90. The van der Waals surface area contributed by atoms with Crippen molar-refractivity contribution in [2.24, 2.45) is 0 Å². The molecule has 2 aromatic rings. The molecular weight excluding hydrogens is 332 g/mol. The average molecular weight is 354 g/mol. The van der Waals surface area contributed by atoms with E-state index in [0.29, 0.717) is 24.2 Å². The van der Waals surface area contributed by atoms with Gasteiger partial charge >= 0.3 is 0 Å². The lowest BCUT2D eigenvalue weighted by Gasteiger charge is -2.22. The number of hydrogen-bond acceptors (Lipinski definition) is 3. The molecule has 0 atom stereocenters. The molecule has 0 bridgehead atoms. The molecule has 130 valence electrons. The maximum Gasteiger partial charge on any atom is 0.264 e. The van der Waals surface area contributed by atoms with Crippen molar-refractivity contribution in [3.05, 3.63) is 57.3 Å². The van der Waals surface area contributed by atoms with E-state index in [-0.39, 0.29) is 11.8 Å². The van der Waals surface area contributed by atoms with Gasteiger partial charge in [0.1, 0.15) is 0 Å². The molecule has 0 radical (unpaired) electrons. The highest BCUT2D eigenvalue weighted by molar-refractivity contribution is 7.13. The van der Waals surface area contributed by atoms with Gasteiger partial charge in [0.15, 0.2) is 0 Å². The molecule has 2 aliphatic rings. The van der Waals surface area contributed by atoms with E-state index < -0.39 is 0 Å². The zero-order valence-electron chi connectivity index (χ0n) is 14.3. The molecular formula is C20H22N2O2S. The van der Waals surface area contributed by atoms with Crippen LogP contribution in [0.4, 0.5) is 0 Å². The van der Waals surface area contributed by atoms with Crippen molar-refractivity contribution in [3.8, 4) is 0 Å². The third kappa shape index (κ3) is 3.93. The van der Waals surface area contributed by atoms with Crippen molar-refractivity contribution in [2.75, 3.05) is 0 Å². The van der Waals surface area contributed by atoms with Crippen molar-refractivity contribution in [2.45, 2.75) is 51.2 Å². The summed E-state index contributed by atoms with van der Waals surface area (Å²) >= 11 is 1.55. The van der Waals surface area contributed by atoms with Crippen LogP contribution in [-0.4, -0.2) is 28.8 Å². The Bertz CT molecular complexity index is 788. The van der Waals surface area contributed by atoms with Gasteiger partial charge in [0.05, 0.1) is 4.88 Å². The van der Waals surface area contributed by atoms with E-state index in [1.54, 1.807) is 11.3 Å². The van der Waals surface area contributed by atoms with Crippen LogP contribution >= 0.6 is 11.3 Å². The molecule has 2 fully saturated rings. The fraction of sp³-hybridized carbons (Fsp3) is 0.400. The zero-order valence-corrected chi connectivity index (χ0v) is 15.1. The molecule has 2 amide bonds. The van der Waals surface area contributed by atoms with Crippen LogP contribution in [0.5, 0.6) is 0 Å². The lowest BCUT2D eigenvalue weighted by molar-refractivity contribution is 0.0734. The van der Waals surface area contributed by atoms with Crippen LogP contribution in [0.15, 0.2) is 36.4 Å². The Labute approximate surface area is 151 Å². The second-order valence-electron chi connectivity index (χ2n) is 7.02. The van der Waals surface area contributed by atoms with E-state index in [1.165, 1.54) is 0 Å². The minimum atomic E-state index is -0.00163. The van der Waals surface area contributed by atoms with Gasteiger partial charge < -0.3 is 10.2 Å². The van der Waals surface area contributed by atoms with E-state index in [0.717, 1.165) is 41.0 Å². The van der Waals surface area contributed by atoms with Crippen LogP contribution in [-0.2, 0) is 6.54 Å². The SMILES string of the molecule is Cc1ccc(C(=O)N(Cc2ccc(C(=O)NC3CC3)cc2)C2CC2)s1. The minimum Gasteiger partial charge on any atom is -0.349 e. The topological polar surface area (TPSA) is 49.4 Å². The average Bonchev–Trinajstić information content (AvgIpc) is 3.53. The van der Waals surface area contributed by atoms with Crippen molar-refractivity contribution in [1.29, 1.82) is 0 Å². The molecule has 1 N–H and O–H groups in total. The number of hydrogen-bond donors (Lipinski definition) is 1. The lowest BCUT2D eigenvalue weighted by atomic mass is 10.1. The number of rotatable bonds is 6. The van der Waals surface area contributed by atoms with Gasteiger partial charge in [-0.2, -0.15) is 0 Å². The Morgan fingerprint density at radius 3 is 2.36 bits per heavy atom. The van der Waals surface area contributed by atoms with Crippen LogP contribution in [0.3, 0.4) is 0 Å². The molecule has 25 heavy (non-hydrogen) atoms. The monoisotopic (exact) mass is 354 g/mol. The van der Waals surface area contributed by atoms with E-state index in [2.05, 4.69) is 5.32 Å². The molecule has 2 saturated carbocycles. The second-order valence-corrected chi connectivity index (χ2v) is 8.31. The van der Waals surface area contributed by atoms with Gasteiger partial charge in [-0.05, 0) is 62.4 Å². The van der Waals surface area contributed by atoms with E-state index in [4.69, 9.17) is 0 Å². The molecule has 0 unspecified atom stereocenters. The highest BCUT2D eigenvalue weighted by Gasteiger charge is 2.33. The van der Waals surface area contributed by atoms with Crippen LogP contribution in [0.25, 0.3) is 0 Å². The first kappa shape index (κ1) is 16.3. The summed E-state index contributed by atoms with van der Waals surface area (Å²) in [5.41, 5.74) is 1.75. The van der Waals surface area contributed by atoms with Crippen molar-refractivity contribution in [1.82, 2.24) is 10.2 Å². The third-order valence-electron chi connectivity index (χ3n) is 4.68. The normalized spacial score (nSPS) is 16.5. The summed E-state index contributed by atoms with van der Waals surface area (Å²) in [5, 5.41) is 3.00. The van der Waals surface area contributed by atoms with Crippen LogP contribution in [0, 0.1) is 6.92 Å². The molecule has 0 spiro atoms. The standard InChI is InChI=1S/C20H22N2O2S/c1-13-2-11-18(25-13)20(24)22(17-9-10-17)12-14-3-5-15(6-4-14)19(23)21-16-7-8-16/h2-6,11,16-17H,7-10,12H2,1H3,(H,21,23). The summed E-state index contributed by atoms with van der Waals surface area (Å²) < 4.78 is 0. The summed E-state index contributed by atoms with van der Waals surface area (Å²) in [6.45, 7) is 2.62. The molecule has 2 aliphatic carbocycles. The van der Waals surface area contributed by atoms with Crippen LogP contribution < -0.4 is 5.32 Å². The summed E-state index contributed by atoms with van der Waals surface area (Å²) in [6, 6.07) is 12.3. The zero-order chi connectivity index (χ0) is 17.4. The Morgan fingerprint density at radius 2 is 1.80 bits per heavy atom. The molecule has 5 heteroatoms. The lowest BCUT2D eigenvalue weighted by Crippen LogP contribution is -2.32. The number of carbonyl (C=O) groups is 2. The number of nitrogens with zero attached hydrogens (tertiary/aromatic N) is 1. The quantitative estimate of drug-likeness (QED) is 0.859. The number of aryl methyl sites for hydroxylation is 1. The third-order valence-corrected chi connectivity index (χ3v) is 5.67. The smallest absolute Gasteiger partial charge is 0.264 e. The minimum absolute atomic E-state index is 0.00163. The Kier molecular flexibility index (Phi) is 4.34. The first-order valence-corrected chi connectivity index (χ1v) is 9.69. The van der Waals surface area contributed by atoms with Gasteiger partial charge in [-0.15, -0.1) is 11.3 Å². The van der Waals surface area contributed by atoms with Gasteiger partial charge in [-0.25, -0.2) is 0 Å². The highest BCUT2D eigenvalue weighted by atomic mass is 32.1. The first-order chi connectivity index (χ1) is 12.1. The van der Waals surface area contributed by atoms with Crippen molar-refractivity contribution < 1.29 is 9.59 Å². The summed E-state index contributed by atoms with van der Waals surface area (Å²) in [6.07, 6.45) is 4.34. The maximum atomic E-state index is 12.8. The van der Waals surface area contributed by atoms with Crippen LogP contribution in [0.2, 0.25) is 0 Å². The fourth-order valence-corrected chi connectivity index (χ4v) is 3.72. The molecule has 0 aliphatic heterocycles. The van der Waals surface area contributed by atoms with E-state index >= 15 is 0 Å². The number of thiophene rings is 1. The molecule has 4 nitrogen and oxygen atoms in total. The highest BCUT2D eigenvalue weighted by Crippen LogP contribution is 2.31. The van der Waals surface area contributed by atoms with Crippen LogP contribution in [0.1, 0.15) is 56.2 Å². The van der Waals surface area contributed by atoms with Gasteiger partial charge in [-0.1, -0.05) is 12.1 Å². The molecule has 1 aromatic heterocycles. The van der Waals surface area contributed by atoms with Crippen molar-refractivity contribution in [3.63, 3.8) is 0 Å². The summed E-state index contributed by atoms with van der Waals surface area (Å²) in [5.74, 6) is 0.120. The predicted molar refractivity (Wildman–Crippen MR) is 98.9 cm³/mol. The summed E-state index contributed by atoms with van der Waals surface area (Å²) in [4.78, 5) is 28.8. The first-order valence-electron chi connectivity index (χ1n) is 8.87. The number of nitrogens with one attached hydrogen (secondary N) is 1. The second kappa shape index (κ2) is 6.64. The van der Waals surface area contributed by atoms with E-state index in [1.807, 2.05) is 48.2 Å². The van der Waals surface area contributed by atoms with Gasteiger partial charge in [-0.3, -0.25) is 9.59 Å². The predicted octanol–water partition coefficient (Wildman–Crippen LogP) is 3.75. The Morgan fingerprint density at radius 1 is 1.08 bits per heavy atom. The number of amides is 2. The molecule has 0 saturated heterocycles. The van der Waals surface area contributed by atoms with Gasteiger partial charge in [0.25, 0.3) is 11.8 Å². The molecule has 1 heterocycles. The maximum absolute atomic E-state index is 12.8. The molecule has 1 aromatic carbocycles. The Balaban J connectivity index is 1.45.